The van der Waals surface area contributed by atoms with E-state index in [9.17, 15) is 18.0 Å². The predicted molar refractivity (Wildman–Crippen MR) is 83.5 cm³/mol. The maximum Gasteiger partial charge on any atom is 0.325 e. The molecule has 0 spiro atoms. The normalized spacial score (nSPS) is 22.2. The molecule has 7 heteroatoms. The smallest absolute Gasteiger partial charge is 0.325 e. The topological polar surface area (TPSA) is 86.7 Å². The third kappa shape index (κ3) is 2.85. The summed E-state index contributed by atoms with van der Waals surface area (Å²) in [5, 5.41) is -1.17. The molecule has 0 radical (unpaired) electrons. The highest BCUT2D eigenvalue weighted by atomic mass is 32.2. The molecule has 1 aliphatic rings. The Kier molecular flexibility index (Phi) is 4.79. The van der Waals surface area contributed by atoms with Crippen molar-refractivity contribution in [1.29, 1.82) is 0 Å². The molecular formula is C16H20O6S. The van der Waals surface area contributed by atoms with Gasteiger partial charge in [0.25, 0.3) is 0 Å². The third-order valence-corrected chi connectivity index (χ3v) is 5.55. The van der Waals surface area contributed by atoms with Crippen molar-refractivity contribution < 1.29 is 27.5 Å². The lowest BCUT2D eigenvalue weighted by molar-refractivity contribution is -0.164. The van der Waals surface area contributed by atoms with E-state index >= 15 is 0 Å². The van der Waals surface area contributed by atoms with E-state index in [1.807, 2.05) is 0 Å². The summed E-state index contributed by atoms with van der Waals surface area (Å²) in [6, 6.07) is 8.63. The van der Waals surface area contributed by atoms with Crippen LogP contribution in [-0.4, -0.2) is 45.1 Å². The predicted octanol–water partition coefficient (Wildman–Crippen LogP) is 1.31. The highest BCUT2D eigenvalue weighted by Gasteiger charge is 2.80. The lowest BCUT2D eigenvalue weighted by Crippen LogP contribution is -2.35. The van der Waals surface area contributed by atoms with Crippen LogP contribution in [0.15, 0.2) is 30.3 Å². The van der Waals surface area contributed by atoms with Crippen molar-refractivity contribution in [2.45, 2.75) is 25.0 Å². The van der Waals surface area contributed by atoms with Crippen LogP contribution in [0.1, 0.15) is 25.3 Å². The van der Waals surface area contributed by atoms with Crippen LogP contribution in [0.2, 0.25) is 0 Å². The number of benzene rings is 1. The summed E-state index contributed by atoms with van der Waals surface area (Å²) in [6.45, 7) is 3.31. The maximum absolute atomic E-state index is 12.5. The zero-order valence-corrected chi connectivity index (χ0v) is 14.1. The molecule has 0 aliphatic heterocycles. The van der Waals surface area contributed by atoms with Gasteiger partial charge in [-0.1, -0.05) is 30.3 Å². The Bertz CT molecular complexity index is 677. The Morgan fingerprint density at radius 2 is 1.52 bits per heavy atom. The van der Waals surface area contributed by atoms with Gasteiger partial charge in [0, 0.05) is 12.2 Å². The second kappa shape index (κ2) is 6.31. The van der Waals surface area contributed by atoms with Gasteiger partial charge < -0.3 is 9.47 Å². The summed E-state index contributed by atoms with van der Waals surface area (Å²) in [6.07, 6.45) is 1.02. The molecule has 0 aromatic heterocycles. The van der Waals surface area contributed by atoms with Crippen molar-refractivity contribution in [3.63, 3.8) is 0 Å². The van der Waals surface area contributed by atoms with E-state index in [1.165, 1.54) is 0 Å². The summed E-state index contributed by atoms with van der Waals surface area (Å²) in [5.74, 6) is -2.48. The maximum atomic E-state index is 12.5. The first-order valence-electron chi connectivity index (χ1n) is 7.40. The van der Waals surface area contributed by atoms with E-state index in [0.717, 1.165) is 6.26 Å². The molecule has 0 unspecified atom stereocenters. The number of esters is 2. The zero-order valence-electron chi connectivity index (χ0n) is 13.3. The van der Waals surface area contributed by atoms with Gasteiger partial charge in [0.2, 0.25) is 0 Å². The Morgan fingerprint density at radius 3 is 1.91 bits per heavy atom. The number of sulfone groups is 1. The molecule has 1 aromatic rings. The first-order chi connectivity index (χ1) is 10.8. The van der Waals surface area contributed by atoms with Gasteiger partial charge in [-0.15, -0.1) is 0 Å². The highest BCUT2D eigenvalue weighted by molar-refractivity contribution is 7.91. The lowest BCUT2D eigenvalue weighted by atomic mass is 9.99. The van der Waals surface area contributed by atoms with E-state index in [1.54, 1.807) is 44.2 Å². The van der Waals surface area contributed by atoms with Crippen molar-refractivity contribution in [3.05, 3.63) is 35.9 Å². The van der Waals surface area contributed by atoms with E-state index in [-0.39, 0.29) is 13.2 Å². The SMILES string of the molecule is CCOC(=O)C1(C(=O)OCC)[C@H](S(C)(=O)=O)[C@@H]1c1ccccc1. The molecule has 2 rings (SSSR count). The number of carbonyl (C=O) groups is 2. The fourth-order valence-corrected chi connectivity index (χ4v) is 4.91. The van der Waals surface area contributed by atoms with Gasteiger partial charge in [0.15, 0.2) is 15.3 Å². The molecule has 0 amide bonds. The third-order valence-electron chi connectivity index (χ3n) is 3.98. The molecule has 0 bridgehead atoms. The minimum atomic E-state index is -3.66. The molecule has 23 heavy (non-hydrogen) atoms. The van der Waals surface area contributed by atoms with Crippen LogP contribution in [-0.2, 0) is 28.9 Å². The molecule has 1 fully saturated rings. The fraction of sp³-hybridized carbons (Fsp3) is 0.500. The zero-order chi connectivity index (χ0) is 17.3. The molecule has 6 nitrogen and oxygen atoms in total. The Hall–Kier alpha value is -1.89. The van der Waals surface area contributed by atoms with E-state index in [2.05, 4.69) is 0 Å². The van der Waals surface area contributed by atoms with Crippen LogP contribution in [0.25, 0.3) is 0 Å². The molecule has 126 valence electrons. The largest absolute Gasteiger partial charge is 0.465 e. The molecule has 0 N–H and O–H groups in total. The Morgan fingerprint density at radius 1 is 1.04 bits per heavy atom. The van der Waals surface area contributed by atoms with Crippen LogP contribution >= 0.6 is 0 Å². The molecule has 2 atom stereocenters. The quantitative estimate of drug-likeness (QED) is 0.573. The van der Waals surface area contributed by atoms with Crippen molar-refractivity contribution >= 4 is 21.8 Å². The number of hydrogen-bond donors (Lipinski definition) is 0. The molecule has 0 saturated heterocycles. The second-order valence-electron chi connectivity index (χ2n) is 5.45. The minimum absolute atomic E-state index is 0.0536. The Labute approximate surface area is 135 Å². The first-order valence-corrected chi connectivity index (χ1v) is 9.35. The van der Waals surface area contributed by atoms with Crippen LogP contribution in [0.3, 0.4) is 0 Å². The summed E-state index contributed by atoms with van der Waals surface area (Å²) >= 11 is 0. The number of rotatable bonds is 6. The molecule has 1 aromatic carbocycles. The van der Waals surface area contributed by atoms with Gasteiger partial charge in [-0.2, -0.15) is 0 Å². The standard InChI is InChI=1S/C16H20O6S/c1-4-21-14(17)16(15(18)22-5-2)12(13(16)23(3,19)20)11-9-7-6-8-10-11/h6-10,12-13H,4-5H2,1-3H3/t12-,13+/m0/s1. The molecule has 1 saturated carbocycles. The van der Waals surface area contributed by atoms with Crippen molar-refractivity contribution in [3.8, 4) is 0 Å². The van der Waals surface area contributed by atoms with E-state index < -0.39 is 38.4 Å². The van der Waals surface area contributed by atoms with Crippen LogP contribution in [0, 0.1) is 5.41 Å². The lowest BCUT2D eigenvalue weighted by Gasteiger charge is -2.15. The van der Waals surface area contributed by atoms with Crippen LogP contribution in [0.5, 0.6) is 0 Å². The van der Waals surface area contributed by atoms with E-state index in [0.29, 0.717) is 5.56 Å². The van der Waals surface area contributed by atoms with Gasteiger partial charge in [-0.3, -0.25) is 9.59 Å². The van der Waals surface area contributed by atoms with Crippen molar-refractivity contribution in [1.82, 2.24) is 0 Å². The summed E-state index contributed by atoms with van der Waals surface area (Å²) in [4.78, 5) is 25.0. The monoisotopic (exact) mass is 340 g/mol. The molecule has 1 aliphatic carbocycles. The van der Waals surface area contributed by atoms with E-state index in [4.69, 9.17) is 9.47 Å². The summed E-state index contributed by atoms with van der Waals surface area (Å²) < 4.78 is 34.4. The van der Waals surface area contributed by atoms with Crippen molar-refractivity contribution in [2.75, 3.05) is 19.5 Å². The fourth-order valence-electron chi connectivity index (χ4n) is 3.11. The second-order valence-corrected chi connectivity index (χ2v) is 7.62. The van der Waals surface area contributed by atoms with Crippen molar-refractivity contribution in [2.24, 2.45) is 5.41 Å². The Balaban J connectivity index is 2.58. The summed E-state index contributed by atoms with van der Waals surface area (Å²) in [5.41, 5.74) is -1.22. The average molecular weight is 340 g/mol. The molecule has 0 heterocycles. The summed E-state index contributed by atoms with van der Waals surface area (Å²) in [7, 11) is -3.66. The minimum Gasteiger partial charge on any atom is -0.465 e. The van der Waals surface area contributed by atoms with Gasteiger partial charge >= 0.3 is 11.9 Å². The number of hydrogen-bond acceptors (Lipinski definition) is 6. The van der Waals surface area contributed by atoms with Crippen LogP contribution in [0.4, 0.5) is 0 Å². The van der Waals surface area contributed by atoms with Gasteiger partial charge in [-0.25, -0.2) is 8.42 Å². The van der Waals surface area contributed by atoms with Gasteiger partial charge in [0.05, 0.1) is 18.5 Å². The first kappa shape index (κ1) is 17.5. The average Bonchev–Trinajstić information content (AvgIpc) is 3.20. The number of carbonyl (C=O) groups excluding carboxylic acids is 2. The highest BCUT2D eigenvalue weighted by Crippen LogP contribution is 2.64. The van der Waals surface area contributed by atoms with Crippen LogP contribution < -0.4 is 0 Å². The van der Waals surface area contributed by atoms with Gasteiger partial charge in [-0.05, 0) is 19.4 Å². The molecular weight excluding hydrogens is 320 g/mol. The van der Waals surface area contributed by atoms with Gasteiger partial charge in [0.1, 0.15) is 0 Å². The number of ether oxygens (including phenoxy) is 2.